The van der Waals surface area contributed by atoms with Gasteiger partial charge in [0.2, 0.25) is 5.91 Å². The number of carbonyl (C=O) groups is 2. The summed E-state index contributed by atoms with van der Waals surface area (Å²) in [5.41, 5.74) is 6.52. The van der Waals surface area contributed by atoms with Crippen molar-refractivity contribution in [3.63, 3.8) is 0 Å². The first kappa shape index (κ1) is 17.3. The van der Waals surface area contributed by atoms with E-state index in [0.29, 0.717) is 39.3 Å². The highest BCUT2D eigenvalue weighted by Crippen LogP contribution is 2.22. The largest absolute Gasteiger partial charge is 0.368 e. The number of hydrogen-bond donors (Lipinski definition) is 1. The third kappa shape index (κ3) is 4.01. The van der Waals surface area contributed by atoms with Crippen LogP contribution >= 0.6 is 0 Å². The Morgan fingerprint density at radius 3 is 2.13 bits per heavy atom. The molecule has 0 aromatic heterocycles. The zero-order valence-electron chi connectivity index (χ0n) is 13.9. The van der Waals surface area contributed by atoms with Gasteiger partial charge in [0.25, 0.3) is 0 Å². The molecule has 0 radical (unpaired) electrons. The molecule has 1 aliphatic heterocycles. The Hall–Kier alpha value is -2.08. The van der Waals surface area contributed by atoms with E-state index in [4.69, 9.17) is 5.73 Å². The summed E-state index contributed by atoms with van der Waals surface area (Å²) in [6.45, 7) is 7.92. The van der Waals surface area contributed by atoms with Gasteiger partial charge in [-0.05, 0) is 19.4 Å². The summed E-state index contributed by atoms with van der Waals surface area (Å²) in [6.07, 6.45) is 0. The molecular weight excluding hydrogens is 292 g/mol. The number of rotatable bonds is 5. The number of nitrogens with zero attached hydrogens (tertiary/aromatic N) is 3. The van der Waals surface area contributed by atoms with Gasteiger partial charge in [-0.15, -0.1) is 0 Å². The molecule has 1 fully saturated rings. The number of benzene rings is 1. The van der Waals surface area contributed by atoms with Gasteiger partial charge in [0.15, 0.2) is 0 Å². The van der Waals surface area contributed by atoms with E-state index in [2.05, 4.69) is 4.90 Å². The molecule has 6 nitrogen and oxygen atoms in total. The third-order valence-corrected chi connectivity index (χ3v) is 4.37. The average molecular weight is 318 g/mol. The Labute approximate surface area is 137 Å². The molecule has 1 unspecified atom stereocenters. The van der Waals surface area contributed by atoms with E-state index < -0.39 is 6.04 Å². The van der Waals surface area contributed by atoms with Crippen LogP contribution in [0.15, 0.2) is 30.3 Å². The van der Waals surface area contributed by atoms with Crippen molar-refractivity contribution in [2.45, 2.75) is 19.9 Å². The lowest BCUT2D eigenvalue weighted by atomic mass is 10.0. The molecule has 1 heterocycles. The maximum Gasteiger partial charge on any atom is 0.320 e. The Bertz CT molecular complexity index is 523. The van der Waals surface area contributed by atoms with Gasteiger partial charge < -0.3 is 15.5 Å². The van der Waals surface area contributed by atoms with Crippen LogP contribution in [0.4, 0.5) is 4.79 Å². The number of hydrogen-bond acceptors (Lipinski definition) is 3. The standard InChI is InChI=1S/C17H26N4O2/c1-3-19(4-2)17(23)21-12-10-20(11-13-21)15(16(18)22)14-8-6-5-7-9-14/h5-9,15H,3-4,10-13H2,1-2H3,(H2,18,22). The minimum absolute atomic E-state index is 0.0741. The minimum Gasteiger partial charge on any atom is -0.368 e. The van der Waals surface area contributed by atoms with E-state index in [-0.39, 0.29) is 11.9 Å². The van der Waals surface area contributed by atoms with Gasteiger partial charge >= 0.3 is 6.03 Å². The maximum absolute atomic E-state index is 12.4. The fourth-order valence-electron chi connectivity index (χ4n) is 3.06. The molecule has 1 saturated heterocycles. The fraction of sp³-hybridized carbons (Fsp3) is 0.529. The second kappa shape index (κ2) is 7.97. The van der Waals surface area contributed by atoms with E-state index in [1.165, 1.54) is 0 Å². The minimum atomic E-state index is -0.429. The maximum atomic E-state index is 12.4. The zero-order chi connectivity index (χ0) is 16.8. The lowest BCUT2D eigenvalue weighted by Crippen LogP contribution is -2.54. The average Bonchev–Trinajstić information content (AvgIpc) is 2.57. The van der Waals surface area contributed by atoms with Crippen LogP contribution < -0.4 is 5.73 Å². The summed E-state index contributed by atoms with van der Waals surface area (Å²) in [7, 11) is 0. The van der Waals surface area contributed by atoms with Crippen LogP contribution in [0.25, 0.3) is 0 Å². The lowest BCUT2D eigenvalue weighted by molar-refractivity contribution is -0.124. The molecule has 2 N–H and O–H groups in total. The summed E-state index contributed by atoms with van der Waals surface area (Å²) < 4.78 is 0. The lowest BCUT2D eigenvalue weighted by Gasteiger charge is -2.39. The molecular formula is C17H26N4O2. The molecule has 1 aliphatic rings. The van der Waals surface area contributed by atoms with E-state index in [9.17, 15) is 9.59 Å². The highest BCUT2D eigenvalue weighted by atomic mass is 16.2. The van der Waals surface area contributed by atoms with E-state index in [1.807, 2.05) is 54.0 Å². The number of primary amides is 1. The van der Waals surface area contributed by atoms with Crippen LogP contribution in [0, 0.1) is 0 Å². The second-order valence-electron chi connectivity index (χ2n) is 5.69. The first-order valence-electron chi connectivity index (χ1n) is 8.20. The molecule has 0 bridgehead atoms. The number of carbonyl (C=O) groups excluding carboxylic acids is 2. The Morgan fingerprint density at radius 2 is 1.65 bits per heavy atom. The van der Waals surface area contributed by atoms with Crippen LogP contribution in [0.5, 0.6) is 0 Å². The predicted octanol–water partition coefficient (Wildman–Crippen LogP) is 1.29. The molecule has 3 amide bonds. The van der Waals surface area contributed by atoms with Crippen LogP contribution in [-0.2, 0) is 4.79 Å². The molecule has 126 valence electrons. The molecule has 0 spiro atoms. The van der Waals surface area contributed by atoms with Crippen molar-refractivity contribution in [3.8, 4) is 0 Å². The van der Waals surface area contributed by atoms with E-state index in [1.54, 1.807) is 0 Å². The van der Waals surface area contributed by atoms with Crippen LogP contribution in [0.2, 0.25) is 0 Å². The molecule has 1 aromatic rings. The fourth-order valence-corrected chi connectivity index (χ4v) is 3.06. The summed E-state index contributed by atoms with van der Waals surface area (Å²) in [4.78, 5) is 30.0. The molecule has 23 heavy (non-hydrogen) atoms. The molecule has 1 aromatic carbocycles. The SMILES string of the molecule is CCN(CC)C(=O)N1CCN(C(C(N)=O)c2ccccc2)CC1. The predicted molar refractivity (Wildman–Crippen MR) is 89.8 cm³/mol. The first-order valence-corrected chi connectivity index (χ1v) is 8.20. The summed E-state index contributed by atoms with van der Waals surface area (Å²) in [6, 6.07) is 9.22. The molecule has 6 heteroatoms. The zero-order valence-corrected chi connectivity index (χ0v) is 13.9. The van der Waals surface area contributed by atoms with E-state index in [0.717, 1.165) is 5.56 Å². The van der Waals surface area contributed by atoms with Crippen molar-refractivity contribution in [3.05, 3.63) is 35.9 Å². The Morgan fingerprint density at radius 1 is 1.09 bits per heavy atom. The molecule has 0 aliphatic carbocycles. The van der Waals surface area contributed by atoms with Crippen LogP contribution in [0.3, 0.4) is 0 Å². The van der Waals surface area contributed by atoms with Gasteiger partial charge in [-0.2, -0.15) is 0 Å². The van der Waals surface area contributed by atoms with Gasteiger partial charge in [-0.3, -0.25) is 9.69 Å². The highest BCUT2D eigenvalue weighted by molar-refractivity contribution is 5.81. The van der Waals surface area contributed by atoms with Crippen molar-refractivity contribution >= 4 is 11.9 Å². The smallest absolute Gasteiger partial charge is 0.320 e. The van der Waals surface area contributed by atoms with Crippen molar-refractivity contribution in [1.82, 2.24) is 14.7 Å². The van der Waals surface area contributed by atoms with Crippen molar-refractivity contribution in [1.29, 1.82) is 0 Å². The molecule has 2 rings (SSSR count). The van der Waals surface area contributed by atoms with Crippen molar-refractivity contribution in [2.24, 2.45) is 5.73 Å². The van der Waals surface area contributed by atoms with Gasteiger partial charge in [-0.1, -0.05) is 30.3 Å². The highest BCUT2D eigenvalue weighted by Gasteiger charge is 2.31. The Kier molecular flexibility index (Phi) is 5.98. The molecule has 1 atom stereocenters. The number of amides is 3. The van der Waals surface area contributed by atoms with Crippen LogP contribution in [0.1, 0.15) is 25.5 Å². The second-order valence-corrected chi connectivity index (χ2v) is 5.69. The Balaban J connectivity index is 2.02. The van der Waals surface area contributed by atoms with Gasteiger partial charge in [-0.25, -0.2) is 4.79 Å². The van der Waals surface area contributed by atoms with E-state index >= 15 is 0 Å². The summed E-state index contributed by atoms with van der Waals surface area (Å²) >= 11 is 0. The van der Waals surface area contributed by atoms with Gasteiger partial charge in [0.05, 0.1) is 0 Å². The quantitative estimate of drug-likeness (QED) is 0.889. The van der Waals surface area contributed by atoms with Gasteiger partial charge in [0, 0.05) is 39.3 Å². The number of piperazine rings is 1. The van der Waals surface area contributed by atoms with Gasteiger partial charge in [0.1, 0.15) is 6.04 Å². The first-order chi connectivity index (χ1) is 11.1. The third-order valence-electron chi connectivity index (χ3n) is 4.37. The number of urea groups is 1. The summed E-state index contributed by atoms with van der Waals surface area (Å²) in [5, 5.41) is 0. The number of nitrogens with two attached hydrogens (primary N) is 1. The van der Waals surface area contributed by atoms with Crippen LogP contribution in [-0.4, -0.2) is 65.9 Å². The monoisotopic (exact) mass is 318 g/mol. The topological polar surface area (TPSA) is 69.9 Å². The normalized spacial score (nSPS) is 16.9. The van der Waals surface area contributed by atoms with Crippen molar-refractivity contribution in [2.75, 3.05) is 39.3 Å². The van der Waals surface area contributed by atoms with Crippen molar-refractivity contribution < 1.29 is 9.59 Å². The summed E-state index contributed by atoms with van der Waals surface area (Å²) in [5.74, 6) is -0.347. The molecule has 0 saturated carbocycles.